The number of thiophene rings is 1. The molecule has 0 fully saturated rings. The molecule has 6 aromatic carbocycles. The van der Waals surface area contributed by atoms with E-state index in [1.807, 2.05) is 29.5 Å². The topological polar surface area (TPSA) is 13.1 Å². The minimum Gasteiger partial charge on any atom is -0.455 e. The van der Waals surface area contributed by atoms with Crippen LogP contribution in [0.25, 0.3) is 82.3 Å². The van der Waals surface area contributed by atoms with Gasteiger partial charge in [-0.1, -0.05) is 127 Å². The highest BCUT2D eigenvalue weighted by molar-refractivity contribution is 7.19. The lowest BCUT2D eigenvalue weighted by Gasteiger charge is -2.14. The van der Waals surface area contributed by atoms with E-state index in [0.29, 0.717) is 0 Å². The zero-order valence-electron chi connectivity index (χ0n) is 25.1. The predicted molar refractivity (Wildman–Crippen MR) is 194 cm³/mol. The molecule has 9 rings (SSSR count). The van der Waals surface area contributed by atoms with E-state index < -0.39 is 0 Å². The summed E-state index contributed by atoms with van der Waals surface area (Å²) >= 11 is 1.91. The van der Waals surface area contributed by atoms with Gasteiger partial charge in [0, 0.05) is 37.2 Å². The highest BCUT2D eigenvalue weighted by atomic mass is 32.1. The number of furan rings is 1. The minimum atomic E-state index is 0.912. The van der Waals surface area contributed by atoms with Crippen LogP contribution in [-0.2, 0) is 6.42 Å². The maximum Gasteiger partial charge on any atom is 0.143 e. The summed E-state index contributed by atoms with van der Waals surface area (Å²) in [6.07, 6.45) is 6.73. The molecule has 0 N–H and O–H groups in total. The predicted octanol–water partition coefficient (Wildman–Crippen LogP) is 12.5. The van der Waals surface area contributed by atoms with Gasteiger partial charge in [-0.05, 0) is 82.1 Å². The molecule has 0 aliphatic heterocycles. The molecule has 0 atom stereocenters. The van der Waals surface area contributed by atoms with E-state index in [-0.39, 0.29) is 0 Å². The molecule has 8 aromatic rings. The van der Waals surface area contributed by atoms with Gasteiger partial charge in [-0.25, -0.2) is 0 Å². The number of hydrogen-bond acceptors (Lipinski definition) is 2. The second-order valence-electron chi connectivity index (χ2n) is 11.8. The number of fused-ring (bicyclic) bond motifs is 4. The van der Waals surface area contributed by atoms with Gasteiger partial charge in [-0.15, -0.1) is 11.3 Å². The van der Waals surface area contributed by atoms with E-state index in [1.165, 1.54) is 43.1 Å². The zero-order chi connectivity index (χ0) is 30.5. The Morgan fingerprint density at radius 3 is 2.33 bits per heavy atom. The molecule has 0 unspecified atom stereocenters. The molecule has 1 nitrogen and oxygen atoms in total. The summed E-state index contributed by atoms with van der Waals surface area (Å²) in [5.74, 6) is 0. The maximum atomic E-state index is 6.45. The third-order valence-electron chi connectivity index (χ3n) is 9.04. The molecular formula is C44H28OS. The summed E-state index contributed by atoms with van der Waals surface area (Å²) in [4.78, 5) is 2.66. The van der Waals surface area contributed by atoms with Gasteiger partial charge in [-0.2, -0.15) is 0 Å². The number of hydrogen-bond donors (Lipinski definition) is 0. The average molecular weight is 605 g/mol. The second kappa shape index (κ2) is 11.1. The summed E-state index contributed by atoms with van der Waals surface area (Å²) in [5, 5.41) is 2.28. The first-order chi connectivity index (χ1) is 22.8. The van der Waals surface area contributed by atoms with Gasteiger partial charge >= 0.3 is 0 Å². The molecular weight excluding hydrogens is 577 g/mol. The van der Waals surface area contributed by atoms with E-state index in [1.54, 1.807) is 0 Å². The largest absolute Gasteiger partial charge is 0.455 e. The van der Waals surface area contributed by atoms with Crippen LogP contribution in [0.5, 0.6) is 0 Å². The van der Waals surface area contributed by atoms with Crippen LogP contribution in [-0.4, -0.2) is 0 Å². The molecule has 0 bridgehead atoms. The summed E-state index contributed by atoms with van der Waals surface area (Å²) in [6.45, 7) is 0. The van der Waals surface area contributed by atoms with Crippen molar-refractivity contribution in [1.82, 2.24) is 0 Å². The Morgan fingerprint density at radius 2 is 1.41 bits per heavy atom. The highest BCUT2D eigenvalue weighted by Crippen LogP contribution is 2.49. The lowest BCUT2D eigenvalue weighted by molar-refractivity contribution is 0.670. The molecule has 46 heavy (non-hydrogen) atoms. The van der Waals surface area contributed by atoms with Crippen LogP contribution in [0.1, 0.15) is 17.5 Å². The third kappa shape index (κ3) is 4.48. The lowest BCUT2D eigenvalue weighted by Crippen LogP contribution is -1.94. The Labute approximate surface area is 272 Å². The molecule has 2 heteroatoms. The van der Waals surface area contributed by atoms with Crippen LogP contribution in [0.4, 0.5) is 0 Å². The van der Waals surface area contributed by atoms with Crippen molar-refractivity contribution in [3.63, 3.8) is 0 Å². The molecule has 0 spiro atoms. The fraction of sp³-hybridized carbons (Fsp3) is 0.0455. The van der Waals surface area contributed by atoms with Crippen LogP contribution in [0, 0.1) is 12.1 Å². The van der Waals surface area contributed by atoms with Crippen molar-refractivity contribution in [3.8, 4) is 54.3 Å². The van der Waals surface area contributed by atoms with Crippen molar-refractivity contribution >= 4 is 39.4 Å². The van der Waals surface area contributed by atoms with E-state index >= 15 is 0 Å². The van der Waals surface area contributed by atoms with Crippen molar-refractivity contribution in [2.75, 3.05) is 0 Å². The number of allylic oxidation sites excluding steroid dienone is 1. The number of rotatable bonds is 5. The highest BCUT2D eigenvalue weighted by Gasteiger charge is 2.23. The van der Waals surface area contributed by atoms with E-state index in [0.717, 1.165) is 57.0 Å². The van der Waals surface area contributed by atoms with Gasteiger partial charge in [0.15, 0.2) is 0 Å². The van der Waals surface area contributed by atoms with Crippen LogP contribution in [0.2, 0.25) is 0 Å². The van der Waals surface area contributed by atoms with Crippen molar-refractivity contribution in [2.24, 2.45) is 0 Å². The number of benzene rings is 5. The van der Waals surface area contributed by atoms with Gasteiger partial charge in [0.2, 0.25) is 0 Å². The monoisotopic (exact) mass is 604 g/mol. The molecule has 0 saturated heterocycles. The quantitative estimate of drug-likeness (QED) is 0.190. The molecule has 2 aromatic heterocycles. The normalized spacial score (nSPS) is 12.3. The molecule has 1 aliphatic carbocycles. The van der Waals surface area contributed by atoms with Crippen molar-refractivity contribution in [2.45, 2.75) is 12.8 Å². The smallest absolute Gasteiger partial charge is 0.143 e. The summed E-state index contributed by atoms with van der Waals surface area (Å²) in [5.41, 5.74) is 14.0. The average Bonchev–Trinajstić information content (AvgIpc) is 3.71. The summed E-state index contributed by atoms with van der Waals surface area (Å²) in [6, 6.07) is 54.0. The Bertz CT molecular complexity index is 2410. The standard InChI is InChI=1S/C44H28OS/c1-3-13-29(14-4-1)31-17-11-18-33(27-31)43-37-20-7-8-21-38(37)44(46-43)39-26-25-32(28-40(39)30-15-5-2-6-16-30)34-22-12-23-36-35-19-9-10-24-41(35)45-42(34)36/h1-5,7,9-15,17-20,22-28H,8,21H2. The lowest BCUT2D eigenvalue weighted by atomic mass is 9.89. The summed E-state index contributed by atoms with van der Waals surface area (Å²) in [7, 11) is 0. The van der Waals surface area contributed by atoms with Gasteiger partial charge in [-0.3, -0.25) is 0 Å². The Balaban J connectivity index is 1.23. The Kier molecular flexibility index (Phi) is 6.44. The van der Waals surface area contributed by atoms with Crippen molar-refractivity contribution < 1.29 is 4.42 Å². The zero-order valence-corrected chi connectivity index (χ0v) is 25.9. The fourth-order valence-electron chi connectivity index (χ4n) is 6.85. The SMILES string of the molecule is c1cccc(-c2cc(-c3cccc4c3oc3ccccc34)ccc2-c2sc(-c3cccc(-c4ccccc4)c3)c3c2CCC=C3)c#1. The molecule has 0 amide bonds. The second-order valence-corrected chi connectivity index (χ2v) is 12.8. The van der Waals surface area contributed by atoms with E-state index in [9.17, 15) is 0 Å². The van der Waals surface area contributed by atoms with Crippen molar-refractivity contribution in [1.29, 1.82) is 0 Å². The molecule has 2 heterocycles. The van der Waals surface area contributed by atoms with Crippen LogP contribution >= 0.6 is 11.3 Å². The van der Waals surface area contributed by atoms with E-state index in [4.69, 9.17) is 4.42 Å². The van der Waals surface area contributed by atoms with Crippen LogP contribution in [0.15, 0.2) is 144 Å². The first kappa shape index (κ1) is 26.8. The molecule has 0 radical (unpaired) electrons. The van der Waals surface area contributed by atoms with Gasteiger partial charge in [0.1, 0.15) is 11.2 Å². The molecule has 0 saturated carbocycles. The Morgan fingerprint density at radius 1 is 0.587 bits per heavy atom. The van der Waals surface area contributed by atoms with Gasteiger partial charge < -0.3 is 4.42 Å². The van der Waals surface area contributed by atoms with Gasteiger partial charge in [0.05, 0.1) is 0 Å². The molecule has 216 valence electrons. The Hall–Kier alpha value is -5.62. The van der Waals surface area contributed by atoms with E-state index in [2.05, 4.69) is 140 Å². The van der Waals surface area contributed by atoms with Crippen LogP contribution < -0.4 is 0 Å². The van der Waals surface area contributed by atoms with Crippen molar-refractivity contribution in [3.05, 3.63) is 163 Å². The minimum absolute atomic E-state index is 0.912. The first-order valence-corrected chi connectivity index (χ1v) is 16.6. The molecule has 1 aliphatic rings. The van der Waals surface area contributed by atoms with Crippen LogP contribution in [0.3, 0.4) is 0 Å². The maximum absolute atomic E-state index is 6.45. The van der Waals surface area contributed by atoms with Gasteiger partial charge in [0.25, 0.3) is 0 Å². The third-order valence-corrected chi connectivity index (χ3v) is 10.4. The fourth-order valence-corrected chi connectivity index (χ4v) is 8.22. The summed E-state index contributed by atoms with van der Waals surface area (Å²) < 4.78 is 6.45. The first-order valence-electron chi connectivity index (χ1n) is 15.7. The number of para-hydroxylation sites is 2.